The number of rotatable bonds is 4. The van der Waals surface area contributed by atoms with Gasteiger partial charge in [0, 0.05) is 38.6 Å². The van der Waals surface area contributed by atoms with E-state index in [2.05, 4.69) is 218 Å². The minimum Gasteiger partial charge on any atom is -0.510 e. The van der Waals surface area contributed by atoms with E-state index >= 15 is 0 Å². The predicted octanol–water partition coefficient (Wildman–Crippen LogP) is 10.4. The summed E-state index contributed by atoms with van der Waals surface area (Å²) in [6, 6.07) is 52.7. The van der Waals surface area contributed by atoms with E-state index in [0.717, 1.165) is 33.9 Å². The van der Waals surface area contributed by atoms with Gasteiger partial charge in [-0.2, -0.15) is 43.7 Å². The Labute approximate surface area is 326 Å². The second-order valence-corrected chi connectivity index (χ2v) is 15.3. The van der Waals surface area contributed by atoms with Gasteiger partial charge >= 0.3 is 21.1 Å². The van der Waals surface area contributed by atoms with Crippen LogP contribution in [0.5, 0.6) is 0 Å². The van der Waals surface area contributed by atoms with Crippen molar-refractivity contribution in [2.75, 3.05) is 28.8 Å². The van der Waals surface area contributed by atoms with Crippen LogP contribution in [0.2, 0.25) is 0 Å². The van der Waals surface area contributed by atoms with Crippen molar-refractivity contribution in [3.05, 3.63) is 187 Å². The van der Waals surface area contributed by atoms with Crippen LogP contribution in [0.3, 0.4) is 0 Å². The average molecular weight is 869 g/mol. The van der Waals surface area contributed by atoms with Gasteiger partial charge in [0.15, 0.2) is 0 Å². The van der Waals surface area contributed by atoms with Gasteiger partial charge in [0.05, 0.1) is 0 Å². The van der Waals surface area contributed by atoms with E-state index in [1.807, 2.05) is 0 Å². The molecule has 53 heavy (non-hydrogen) atoms. The first-order valence-electron chi connectivity index (χ1n) is 18.0. The summed E-state index contributed by atoms with van der Waals surface area (Å²) in [5.74, 6) is 0. The Morgan fingerprint density at radius 1 is 0.642 bits per heavy atom. The SMILES string of the molecule is CN1C=CN(c2[c-]c3c(cc2)-n2c4ccc(C(C)(C)C)cc4c4cccc(c42)C3(c2[c-]c(N3[CH-]N(C)c4ccccc43)ccc2)c2ccccc2)[CH-]1.[Pt+4]. The van der Waals surface area contributed by atoms with Gasteiger partial charge in [-0.15, -0.1) is 34.6 Å². The molecule has 5 nitrogen and oxygen atoms in total. The monoisotopic (exact) mass is 868 g/mol. The summed E-state index contributed by atoms with van der Waals surface area (Å²) in [5.41, 5.74) is 13.0. The molecule has 1 atom stereocenters. The fraction of sp³-hybridized carbons (Fsp3) is 0.149. The third-order valence-electron chi connectivity index (χ3n) is 11.1. The van der Waals surface area contributed by atoms with Crippen LogP contribution < -0.4 is 14.7 Å². The largest absolute Gasteiger partial charge is 4.00 e. The Balaban J connectivity index is 0.00000372. The maximum Gasteiger partial charge on any atom is 4.00 e. The molecule has 6 aromatic carbocycles. The zero-order valence-corrected chi connectivity index (χ0v) is 32.7. The third-order valence-corrected chi connectivity index (χ3v) is 11.1. The molecular formula is C47H39N5Pt. The zero-order chi connectivity index (χ0) is 35.4. The Morgan fingerprint density at radius 3 is 2.19 bits per heavy atom. The van der Waals surface area contributed by atoms with Crippen molar-refractivity contribution in [2.45, 2.75) is 31.6 Å². The van der Waals surface area contributed by atoms with Gasteiger partial charge in [0.1, 0.15) is 0 Å². The van der Waals surface area contributed by atoms with Gasteiger partial charge < -0.3 is 24.2 Å². The first kappa shape index (κ1) is 33.6. The second-order valence-electron chi connectivity index (χ2n) is 15.3. The van der Waals surface area contributed by atoms with E-state index < -0.39 is 5.41 Å². The molecule has 3 aliphatic heterocycles. The minimum absolute atomic E-state index is 0. The van der Waals surface area contributed by atoms with Gasteiger partial charge in [-0.3, -0.25) is 0 Å². The van der Waals surface area contributed by atoms with E-state index in [1.165, 1.54) is 44.2 Å². The van der Waals surface area contributed by atoms with Crippen LogP contribution in [0.25, 0.3) is 27.5 Å². The maximum absolute atomic E-state index is 4.05. The molecule has 0 spiro atoms. The molecular weight excluding hydrogens is 830 g/mol. The number of hydrogen-bond acceptors (Lipinski definition) is 4. The molecule has 3 aliphatic rings. The smallest absolute Gasteiger partial charge is 0.510 e. The molecule has 0 N–H and O–H groups in total. The number of fused-ring (bicyclic) bond motifs is 6. The van der Waals surface area contributed by atoms with Gasteiger partial charge in [0.25, 0.3) is 0 Å². The summed E-state index contributed by atoms with van der Waals surface area (Å²) in [6.07, 6.45) is 4.17. The number of nitrogens with zero attached hydrogens (tertiary/aromatic N) is 5. The molecule has 10 rings (SSSR count). The average Bonchev–Trinajstić information content (AvgIpc) is 3.86. The summed E-state index contributed by atoms with van der Waals surface area (Å²) >= 11 is 0. The van der Waals surface area contributed by atoms with Crippen molar-refractivity contribution in [2.24, 2.45) is 0 Å². The first-order valence-corrected chi connectivity index (χ1v) is 18.0. The minimum atomic E-state index is -0.736. The fourth-order valence-corrected chi connectivity index (χ4v) is 8.61. The van der Waals surface area contributed by atoms with Crippen LogP contribution in [0.1, 0.15) is 48.6 Å². The van der Waals surface area contributed by atoms with Crippen molar-refractivity contribution < 1.29 is 21.1 Å². The van der Waals surface area contributed by atoms with Crippen LogP contribution in [-0.2, 0) is 31.9 Å². The van der Waals surface area contributed by atoms with E-state index in [1.54, 1.807) is 0 Å². The number of benzene rings is 6. The molecule has 1 unspecified atom stereocenters. The molecule has 4 heterocycles. The van der Waals surface area contributed by atoms with Crippen molar-refractivity contribution in [1.29, 1.82) is 0 Å². The van der Waals surface area contributed by atoms with Gasteiger partial charge in [-0.25, -0.2) is 0 Å². The number of hydrogen-bond donors (Lipinski definition) is 0. The van der Waals surface area contributed by atoms with Crippen molar-refractivity contribution >= 4 is 44.6 Å². The van der Waals surface area contributed by atoms with E-state index in [4.69, 9.17) is 0 Å². The van der Waals surface area contributed by atoms with Gasteiger partial charge in [-0.1, -0.05) is 93.2 Å². The molecule has 262 valence electrons. The van der Waals surface area contributed by atoms with E-state index in [9.17, 15) is 0 Å². The molecule has 0 saturated heterocycles. The molecule has 0 amide bonds. The molecule has 6 heteroatoms. The Kier molecular flexibility index (Phi) is 7.70. The molecule has 0 saturated carbocycles. The van der Waals surface area contributed by atoms with E-state index in [-0.39, 0.29) is 26.5 Å². The number of aromatic nitrogens is 1. The third kappa shape index (κ3) is 4.86. The second kappa shape index (κ2) is 12.1. The Hall–Kier alpha value is -5.25. The quantitative estimate of drug-likeness (QED) is 0.164. The van der Waals surface area contributed by atoms with Crippen molar-refractivity contribution in [1.82, 2.24) is 9.47 Å². The molecule has 1 aromatic heterocycles. The zero-order valence-electron chi connectivity index (χ0n) is 30.4. The van der Waals surface area contributed by atoms with Crippen LogP contribution >= 0.6 is 0 Å². The summed E-state index contributed by atoms with van der Waals surface area (Å²) < 4.78 is 2.49. The Bertz CT molecular complexity index is 2580. The summed E-state index contributed by atoms with van der Waals surface area (Å²) in [7, 11) is 4.16. The normalized spacial score (nSPS) is 17.5. The van der Waals surface area contributed by atoms with Crippen molar-refractivity contribution in [3.8, 4) is 5.69 Å². The van der Waals surface area contributed by atoms with Crippen LogP contribution in [0, 0.1) is 25.5 Å². The van der Waals surface area contributed by atoms with Crippen molar-refractivity contribution in [3.63, 3.8) is 0 Å². The summed E-state index contributed by atoms with van der Waals surface area (Å²) in [5, 5.41) is 2.52. The Morgan fingerprint density at radius 2 is 1.42 bits per heavy atom. The molecule has 0 bridgehead atoms. The molecule has 7 aromatic rings. The van der Waals surface area contributed by atoms with Crippen LogP contribution in [0.4, 0.5) is 22.7 Å². The fourth-order valence-electron chi connectivity index (χ4n) is 8.61. The maximum atomic E-state index is 4.05. The van der Waals surface area contributed by atoms with E-state index in [0.29, 0.717) is 0 Å². The standard InChI is InChI=1S/C47H39N5.Pt/c1-46(2,3)33-21-23-41-38(28-33)37-17-12-18-39-45(37)52(41)42-24-22-35(50-26-25-48(4)30-50)29-40(42)47(39,32-13-7-6-8-14-32)34-15-11-16-36(27-34)51-31-49(5)43-19-9-10-20-44(43)51;/h6-26,28,30-31H,1-5H3;/q-4;+4. The summed E-state index contributed by atoms with van der Waals surface area (Å²) in [4.78, 5) is 8.66. The molecule has 0 fully saturated rings. The number of para-hydroxylation sites is 3. The van der Waals surface area contributed by atoms with Crippen LogP contribution in [0.15, 0.2) is 134 Å². The summed E-state index contributed by atoms with van der Waals surface area (Å²) in [6.45, 7) is 11.1. The predicted molar refractivity (Wildman–Crippen MR) is 214 cm³/mol. The van der Waals surface area contributed by atoms with Gasteiger partial charge in [-0.05, 0) is 72.9 Å². The topological polar surface area (TPSA) is 17.9 Å². The van der Waals surface area contributed by atoms with Gasteiger partial charge in [0.2, 0.25) is 0 Å². The first-order chi connectivity index (χ1) is 25.2. The molecule has 0 aliphatic carbocycles. The van der Waals surface area contributed by atoms with Crippen LogP contribution in [-0.4, -0.2) is 23.6 Å². The molecule has 0 radical (unpaired) electrons. The number of anilines is 4.